The fraction of sp³-hybridized carbons (Fsp3) is 0.667. The molecule has 2 aromatic rings. The predicted molar refractivity (Wildman–Crippen MR) is 255 cm³/mol. The summed E-state index contributed by atoms with van der Waals surface area (Å²) in [6.07, 6.45) is 6.26. The van der Waals surface area contributed by atoms with E-state index in [0.29, 0.717) is 49.5 Å². The van der Waals surface area contributed by atoms with Crippen molar-refractivity contribution in [3.63, 3.8) is 0 Å². The minimum atomic E-state index is -2.35. The van der Waals surface area contributed by atoms with Crippen molar-refractivity contribution in [3.8, 4) is 11.5 Å². The average molecular weight is 948 g/mol. The molecule has 68 heavy (non-hydrogen) atoms. The first kappa shape index (κ1) is 52.0. The summed E-state index contributed by atoms with van der Waals surface area (Å²) in [4.78, 5) is 29.2. The second kappa shape index (κ2) is 22.5. The smallest absolute Gasteiger partial charge is 0.334 e. The number of rotatable bonds is 18. The van der Waals surface area contributed by atoms with Gasteiger partial charge >= 0.3 is 11.9 Å². The van der Waals surface area contributed by atoms with Gasteiger partial charge in [-0.1, -0.05) is 57.5 Å². The lowest BCUT2D eigenvalue weighted by Crippen LogP contribution is -2.71. The van der Waals surface area contributed by atoms with Crippen molar-refractivity contribution in [3.05, 3.63) is 76.4 Å². The zero-order valence-electron chi connectivity index (χ0n) is 40.6. The van der Waals surface area contributed by atoms with E-state index in [2.05, 4.69) is 26.1 Å². The van der Waals surface area contributed by atoms with Crippen molar-refractivity contribution in [1.82, 2.24) is 5.32 Å². The van der Waals surface area contributed by atoms with Gasteiger partial charge in [0.1, 0.15) is 12.2 Å². The Hall–Kier alpha value is -3.86. The Bertz CT molecular complexity index is 2110. The molecule has 2 aromatic carbocycles. The number of ether oxygens (including phenoxy) is 4. The number of aryl methyl sites for hydroxylation is 1. The molecule has 8 N–H and O–H groups in total. The van der Waals surface area contributed by atoms with Crippen LogP contribution in [0.15, 0.2) is 54.1 Å². The van der Waals surface area contributed by atoms with Crippen molar-refractivity contribution >= 4 is 18.0 Å². The van der Waals surface area contributed by atoms with Crippen molar-refractivity contribution in [2.45, 2.75) is 166 Å². The Morgan fingerprint density at radius 3 is 2.50 bits per heavy atom. The van der Waals surface area contributed by atoms with Gasteiger partial charge in [-0.2, -0.15) is 0 Å². The Morgan fingerprint density at radius 1 is 1.01 bits per heavy atom. The fourth-order valence-electron chi connectivity index (χ4n) is 12.3. The van der Waals surface area contributed by atoms with E-state index in [0.717, 1.165) is 55.2 Å². The highest BCUT2D eigenvalue weighted by atomic mass is 16.7. The second-order valence-corrected chi connectivity index (χ2v) is 21.3. The van der Waals surface area contributed by atoms with Gasteiger partial charge in [0.25, 0.3) is 0 Å². The lowest BCUT2D eigenvalue weighted by atomic mass is 9.54. The standard InChI is InChI=1S/C54H77NO13/c1-31(2)22-37-15-19-53(28-45(37)60)18-14-32(3)23-40(53)11-13-47(61)66-50-48(62)49-43(55-29-33(4)58)16-20-54(64,68-49)51(50)67-52(63)39(24-35-7-12-44(59)46(26-35)65-5)27-42-38(30-57)10-9-36-8-6-34(17-21-56)25-41(36)42/h6-8,12,16,20,24-26,31-33,37-38,40,42-43,45,48-51,55-60,62,64H,9-11,13-15,17-19,21-23,27-30H2,1-5H3/b39-24+/t32-,33+,37+,38-,40-,42+,43-,45+,48+,49+,50-,51-,53-,54-/m1/s1. The molecule has 3 fully saturated rings. The van der Waals surface area contributed by atoms with Gasteiger partial charge in [0.15, 0.2) is 23.7 Å². The van der Waals surface area contributed by atoms with Crippen LogP contribution in [0.2, 0.25) is 0 Å². The first-order valence-corrected chi connectivity index (χ1v) is 25.1. The molecule has 2 heterocycles. The van der Waals surface area contributed by atoms with E-state index >= 15 is 0 Å². The predicted octanol–water partition coefficient (Wildman–Crippen LogP) is 5.64. The lowest BCUT2D eigenvalue weighted by Gasteiger charge is -2.52. The molecule has 3 aliphatic carbocycles. The molecule has 7 rings (SSSR count). The van der Waals surface area contributed by atoms with E-state index in [1.54, 1.807) is 31.2 Å². The summed E-state index contributed by atoms with van der Waals surface area (Å²) in [7, 11) is 1.41. The summed E-state index contributed by atoms with van der Waals surface area (Å²) in [6, 6.07) is 9.91. The number of aliphatic hydroxyl groups excluding tert-OH is 5. The summed E-state index contributed by atoms with van der Waals surface area (Å²) >= 11 is 0. The van der Waals surface area contributed by atoms with Crippen LogP contribution in [-0.2, 0) is 36.6 Å². The summed E-state index contributed by atoms with van der Waals surface area (Å²) in [6.45, 7) is 8.15. The van der Waals surface area contributed by atoms with Crippen molar-refractivity contribution < 1.29 is 64.3 Å². The van der Waals surface area contributed by atoms with Gasteiger partial charge in [-0.25, -0.2) is 4.79 Å². The Balaban J connectivity index is 1.19. The summed E-state index contributed by atoms with van der Waals surface area (Å²) < 4.78 is 24.0. The number of benzene rings is 2. The van der Waals surface area contributed by atoms with Gasteiger partial charge in [0.2, 0.25) is 5.79 Å². The van der Waals surface area contributed by atoms with Crippen LogP contribution < -0.4 is 10.1 Å². The number of hydrogen-bond acceptors (Lipinski definition) is 14. The SMILES string of the molecule is COc1cc(/C=C(\C[C@@H]2c3cc(CCO)ccc3CC[C@@H]2CO)C(=O)O[C@@H]2[C@H](OC(=O)CC[C@@H]3C[C@H](C)CC[C@]34CC[C@@H](CC(C)C)[C@@H](O)C4)[C@@H](O)[C@H]3O[C@]2(O)C=C[C@H]3NC[C@H](C)O)ccc1O. The minimum absolute atomic E-state index is 0.00772. The van der Waals surface area contributed by atoms with Crippen LogP contribution >= 0.6 is 0 Å². The number of carbonyl (C=O) groups excluding carboxylic acids is 2. The van der Waals surface area contributed by atoms with Crippen LogP contribution in [0.5, 0.6) is 11.5 Å². The molecule has 5 aliphatic rings. The third-order valence-electron chi connectivity index (χ3n) is 15.9. The zero-order chi connectivity index (χ0) is 48.9. The molecule has 0 unspecified atom stereocenters. The fourth-order valence-corrected chi connectivity index (χ4v) is 12.3. The highest BCUT2D eigenvalue weighted by Crippen LogP contribution is 2.55. The van der Waals surface area contributed by atoms with E-state index in [9.17, 15) is 45.3 Å². The van der Waals surface area contributed by atoms with Crippen LogP contribution in [0.25, 0.3) is 6.08 Å². The number of nitrogens with one attached hydrogen (secondary N) is 1. The number of hydrogen-bond donors (Lipinski definition) is 8. The zero-order valence-corrected chi connectivity index (χ0v) is 40.6. The van der Waals surface area contributed by atoms with E-state index in [1.165, 1.54) is 19.3 Å². The van der Waals surface area contributed by atoms with Crippen LogP contribution in [0, 0.1) is 35.0 Å². The molecule has 0 radical (unpaired) electrons. The Morgan fingerprint density at radius 2 is 1.79 bits per heavy atom. The third-order valence-corrected chi connectivity index (χ3v) is 15.9. The lowest BCUT2D eigenvalue weighted by molar-refractivity contribution is -0.333. The number of phenolic OH excluding ortho intramolecular Hbond substituents is 1. The maximum absolute atomic E-state index is 15.0. The number of phenols is 1. The molecule has 376 valence electrons. The van der Waals surface area contributed by atoms with Gasteiger partial charge in [-0.3, -0.25) is 4.79 Å². The number of fused-ring (bicyclic) bond motifs is 3. The third kappa shape index (κ3) is 11.8. The summed E-state index contributed by atoms with van der Waals surface area (Å²) in [5.41, 5.74) is 3.43. The highest BCUT2D eigenvalue weighted by Gasteiger charge is 2.60. The van der Waals surface area contributed by atoms with E-state index in [1.807, 2.05) is 18.2 Å². The number of methoxy groups -OCH3 is 1. The molecule has 2 aliphatic heterocycles. The number of carbonyl (C=O) groups is 2. The molecule has 2 bridgehead atoms. The van der Waals surface area contributed by atoms with Crippen LogP contribution in [0.3, 0.4) is 0 Å². The van der Waals surface area contributed by atoms with E-state index < -0.39 is 60.4 Å². The van der Waals surface area contributed by atoms with Gasteiger partial charge < -0.3 is 60.0 Å². The minimum Gasteiger partial charge on any atom is -0.504 e. The first-order valence-electron chi connectivity index (χ1n) is 25.1. The quantitative estimate of drug-likeness (QED) is 0.0515. The largest absolute Gasteiger partial charge is 0.504 e. The van der Waals surface area contributed by atoms with Crippen LogP contribution in [0.4, 0.5) is 0 Å². The molecule has 1 saturated heterocycles. The normalized spacial score (nSPS) is 34.1. The molecule has 0 aromatic heterocycles. The molecule has 0 amide bonds. The Kier molecular flexibility index (Phi) is 17.2. The summed E-state index contributed by atoms with van der Waals surface area (Å²) in [5, 5.41) is 80.0. The van der Waals surface area contributed by atoms with Crippen LogP contribution in [0.1, 0.15) is 126 Å². The monoisotopic (exact) mass is 948 g/mol. The van der Waals surface area contributed by atoms with Gasteiger partial charge in [-0.15, -0.1) is 0 Å². The maximum atomic E-state index is 15.0. The molecule has 1 spiro atoms. The topological polar surface area (TPSA) is 225 Å². The van der Waals surface area contributed by atoms with Crippen molar-refractivity contribution in [2.75, 3.05) is 26.9 Å². The van der Waals surface area contributed by atoms with Crippen LogP contribution in [-0.4, -0.2) is 123 Å². The molecular formula is C54H77NO13. The highest BCUT2D eigenvalue weighted by molar-refractivity contribution is 5.94. The molecule has 14 atom stereocenters. The molecular weight excluding hydrogens is 871 g/mol. The Labute approximate surface area is 401 Å². The maximum Gasteiger partial charge on any atom is 0.334 e. The van der Waals surface area contributed by atoms with E-state index in [-0.39, 0.29) is 78.8 Å². The molecule has 14 nitrogen and oxygen atoms in total. The van der Waals surface area contributed by atoms with Gasteiger partial charge in [-0.05, 0) is 165 Å². The molecule has 2 saturated carbocycles. The van der Waals surface area contributed by atoms with Crippen molar-refractivity contribution in [2.24, 2.45) is 35.0 Å². The second-order valence-electron chi connectivity index (χ2n) is 21.3. The van der Waals surface area contributed by atoms with Gasteiger partial charge in [0, 0.05) is 31.8 Å². The number of esters is 2. The first-order chi connectivity index (χ1) is 32.5. The molecule has 14 heteroatoms. The van der Waals surface area contributed by atoms with Crippen molar-refractivity contribution in [1.29, 1.82) is 0 Å². The summed E-state index contributed by atoms with van der Waals surface area (Å²) in [5.74, 6) is -3.05. The number of aliphatic hydroxyl groups is 6. The van der Waals surface area contributed by atoms with Gasteiger partial charge in [0.05, 0.1) is 25.4 Å². The average Bonchev–Trinajstić information content (AvgIpc) is 3.30. The van der Waals surface area contributed by atoms with E-state index in [4.69, 9.17) is 18.9 Å². The number of aromatic hydroxyl groups is 1.